The summed E-state index contributed by atoms with van der Waals surface area (Å²) in [4.78, 5) is 10.0. The van der Waals surface area contributed by atoms with Crippen LogP contribution in [-0.2, 0) is 3.23 Å². The Morgan fingerprint density at radius 2 is 2.14 bits per heavy atom. The molecule has 0 aromatic heterocycles. The summed E-state index contributed by atoms with van der Waals surface area (Å²) in [6.07, 6.45) is 0. The highest BCUT2D eigenvalue weighted by molar-refractivity contribution is 9.24. The van der Waals surface area contributed by atoms with Crippen molar-refractivity contribution in [1.29, 1.82) is 0 Å². The molecule has 0 spiro atoms. The number of benzene rings is 1. The molecule has 0 fully saturated rings. The van der Waals surface area contributed by atoms with Gasteiger partial charge in [0.2, 0.25) is 0 Å². The van der Waals surface area contributed by atoms with E-state index >= 15 is 0 Å². The molecule has 1 rings (SSSR count). The number of nitrogens with zero attached hydrogens (tertiary/aromatic N) is 1. The van der Waals surface area contributed by atoms with Crippen LogP contribution in [-0.4, -0.2) is 16.6 Å². The Morgan fingerprint density at radius 1 is 1.50 bits per heavy atom. The van der Waals surface area contributed by atoms with Gasteiger partial charge in [-0.3, -0.25) is 10.1 Å². The minimum Gasteiger partial charge on any atom is -0.394 e. The number of hydrogen-bond donors (Lipinski definition) is 1. The first kappa shape index (κ1) is 11.6. The lowest BCUT2D eigenvalue weighted by molar-refractivity contribution is -0.384. The summed E-state index contributed by atoms with van der Waals surface area (Å²) in [6, 6.07) is 6.06. The number of hydrogen-bond acceptors (Lipinski definition) is 3. The predicted molar refractivity (Wildman–Crippen MR) is 59.7 cm³/mol. The van der Waals surface area contributed by atoms with Gasteiger partial charge in [0.1, 0.15) is 3.23 Å². The molecule has 0 heterocycles. The summed E-state index contributed by atoms with van der Waals surface area (Å²) in [5.74, 6) is 0. The number of aliphatic hydroxyl groups is 1. The van der Waals surface area contributed by atoms with Crippen LogP contribution in [0.1, 0.15) is 5.56 Å². The minimum absolute atomic E-state index is 0.000718. The molecule has 14 heavy (non-hydrogen) atoms. The number of nitro groups is 1. The molecule has 0 aliphatic rings. The van der Waals surface area contributed by atoms with Crippen LogP contribution in [0.2, 0.25) is 0 Å². The first-order chi connectivity index (χ1) is 6.47. The van der Waals surface area contributed by atoms with Crippen molar-refractivity contribution < 1.29 is 10.0 Å². The first-order valence-electron chi connectivity index (χ1n) is 3.71. The van der Waals surface area contributed by atoms with Crippen molar-refractivity contribution >= 4 is 37.5 Å². The topological polar surface area (TPSA) is 63.4 Å². The van der Waals surface area contributed by atoms with E-state index in [1.165, 1.54) is 12.1 Å². The van der Waals surface area contributed by atoms with Gasteiger partial charge >= 0.3 is 0 Å². The Labute approximate surface area is 97.3 Å². The van der Waals surface area contributed by atoms with Crippen molar-refractivity contribution in [2.75, 3.05) is 6.61 Å². The third-order valence-corrected chi connectivity index (χ3v) is 3.10. The van der Waals surface area contributed by atoms with Crippen LogP contribution in [0.25, 0.3) is 0 Å². The Bertz CT molecular complexity index is 354. The lowest BCUT2D eigenvalue weighted by Crippen LogP contribution is -2.14. The molecular formula is C8H7Br2NO3. The monoisotopic (exact) mass is 323 g/mol. The molecule has 1 aromatic rings. The predicted octanol–water partition coefficient (Wildman–Crippen LogP) is 2.53. The zero-order valence-electron chi connectivity index (χ0n) is 6.98. The van der Waals surface area contributed by atoms with Crippen LogP contribution in [0.15, 0.2) is 24.3 Å². The highest BCUT2D eigenvalue weighted by Crippen LogP contribution is 2.38. The van der Waals surface area contributed by atoms with Gasteiger partial charge < -0.3 is 5.11 Å². The fourth-order valence-electron chi connectivity index (χ4n) is 0.938. The molecule has 0 bridgehead atoms. The van der Waals surface area contributed by atoms with Crippen molar-refractivity contribution in [2.24, 2.45) is 0 Å². The smallest absolute Gasteiger partial charge is 0.269 e. The molecule has 0 aliphatic carbocycles. The van der Waals surface area contributed by atoms with Gasteiger partial charge in [-0.15, -0.1) is 0 Å². The van der Waals surface area contributed by atoms with Crippen LogP contribution in [0, 0.1) is 10.1 Å². The van der Waals surface area contributed by atoms with E-state index in [0.717, 1.165) is 0 Å². The van der Waals surface area contributed by atoms with Crippen molar-refractivity contribution in [1.82, 2.24) is 0 Å². The number of halogens is 2. The number of rotatable bonds is 3. The molecule has 1 aromatic carbocycles. The standard InChI is InChI=1S/C8H7Br2NO3/c9-8(10,5-12)6-2-1-3-7(4-6)11(13)14/h1-4,12H,5H2. The van der Waals surface area contributed by atoms with Crippen LogP contribution in [0.5, 0.6) is 0 Å². The average molecular weight is 325 g/mol. The second-order valence-corrected chi connectivity index (χ2v) is 6.44. The second kappa shape index (κ2) is 4.37. The van der Waals surface area contributed by atoms with E-state index in [1.54, 1.807) is 12.1 Å². The van der Waals surface area contributed by atoms with E-state index < -0.39 is 8.16 Å². The Hall–Kier alpha value is -0.460. The van der Waals surface area contributed by atoms with Gasteiger partial charge in [0.25, 0.3) is 5.69 Å². The molecule has 0 saturated carbocycles. The molecule has 0 amide bonds. The van der Waals surface area contributed by atoms with Gasteiger partial charge in [-0.05, 0) is 5.56 Å². The molecule has 0 radical (unpaired) electrons. The summed E-state index contributed by atoms with van der Waals surface area (Å²) in [5, 5.41) is 19.5. The highest BCUT2D eigenvalue weighted by atomic mass is 79.9. The number of nitro benzene ring substituents is 1. The maximum atomic E-state index is 10.5. The lowest BCUT2D eigenvalue weighted by Gasteiger charge is -2.17. The largest absolute Gasteiger partial charge is 0.394 e. The van der Waals surface area contributed by atoms with Crippen LogP contribution in [0.3, 0.4) is 0 Å². The SMILES string of the molecule is O=[N+]([O-])c1cccc(C(Br)(Br)CO)c1. The summed E-state index contributed by atoms with van der Waals surface area (Å²) in [5.41, 5.74) is 0.605. The fraction of sp³-hybridized carbons (Fsp3) is 0.250. The molecular weight excluding hydrogens is 318 g/mol. The summed E-state index contributed by atoms with van der Waals surface area (Å²) in [6.45, 7) is -0.200. The fourth-order valence-corrected chi connectivity index (χ4v) is 1.43. The molecule has 1 N–H and O–H groups in total. The van der Waals surface area contributed by atoms with E-state index in [4.69, 9.17) is 5.11 Å². The lowest BCUT2D eigenvalue weighted by atomic mass is 10.1. The first-order valence-corrected chi connectivity index (χ1v) is 5.29. The molecule has 0 saturated heterocycles. The number of non-ortho nitro benzene ring substituents is 1. The average Bonchev–Trinajstić information content (AvgIpc) is 2.18. The quantitative estimate of drug-likeness (QED) is 0.528. The Kier molecular flexibility index (Phi) is 3.63. The van der Waals surface area contributed by atoms with Crippen LogP contribution < -0.4 is 0 Å². The van der Waals surface area contributed by atoms with Gasteiger partial charge in [0.15, 0.2) is 0 Å². The van der Waals surface area contributed by atoms with Crippen LogP contribution in [0.4, 0.5) is 5.69 Å². The Morgan fingerprint density at radius 3 is 2.64 bits per heavy atom. The summed E-state index contributed by atoms with van der Waals surface area (Å²) in [7, 11) is 0. The molecule has 6 heteroatoms. The number of aliphatic hydroxyl groups excluding tert-OH is 1. The molecule has 0 unspecified atom stereocenters. The third-order valence-electron chi connectivity index (χ3n) is 1.68. The number of alkyl halides is 2. The normalized spacial score (nSPS) is 11.4. The van der Waals surface area contributed by atoms with Crippen molar-refractivity contribution in [3.05, 3.63) is 39.9 Å². The van der Waals surface area contributed by atoms with E-state index in [9.17, 15) is 10.1 Å². The van der Waals surface area contributed by atoms with Gasteiger partial charge in [0.05, 0.1) is 11.5 Å². The molecule has 0 aliphatic heterocycles. The zero-order valence-corrected chi connectivity index (χ0v) is 10.2. The Balaban J connectivity index is 3.12. The van der Waals surface area contributed by atoms with E-state index in [-0.39, 0.29) is 12.3 Å². The third kappa shape index (κ3) is 2.52. The molecule has 4 nitrogen and oxygen atoms in total. The van der Waals surface area contributed by atoms with E-state index in [1.807, 2.05) is 0 Å². The molecule has 0 atom stereocenters. The maximum absolute atomic E-state index is 10.5. The minimum atomic E-state index is -0.813. The molecule has 76 valence electrons. The maximum Gasteiger partial charge on any atom is 0.269 e. The summed E-state index contributed by atoms with van der Waals surface area (Å²) >= 11 is 6.43. The van der Waals surface area contributed by atoms with Gasteiger partial charge in [0, 0.05) is 12.1 Å². The van der Waals surface area contributed by atoms with E-state index in [0.29, 0.717) is 5.56 Å². The van der Waals surface area contributed by atoms with Gasteiger partial charge in [-0.1, -0.05) is 44.0 Å². The second-order valence-electron chi connectivity index (χ2n) is 2.67. The van der Waals surface area contributed by atoms with Crippen molar-refractivity contribution in [3.8, 4) is 0 Å². The van der Waals surface area contributed by atoms with Crippen molar-refractivity contribution in [2.45, 2.75) is 3.23 Å². The summed E-state index contributed by atoms with van der Waals surface area (Å²) < 4.78 is -0.813. The van der Waals surface area contributed by atoms with Crippen LogP contribution >= 0.6 is 31.9 Å². The zero-order chi connectivity index (χ0) is 10.8. The van der Waals surface area contributed by atoms with E-state index in [2.05, 4.69) is 31.9 Å². The van der Waals surface area contributed by atoms with Gasteiger partial charge in [-0.2, -0.15) is 0 Å². The van der Waals surface area contributed by atoms with Crippen molar-refractivity contribution in [3.63, 3.8) is 0 Å². The van der Waals surface area contributed by atoms with Gasteiger partial charge in [-0.25, -0.2) is 0 Å². The highest BCUT2D eigenvalue weighted by Gasteiger charge is 2.25.